The Bertz CT molecular complexity index is 1110. The predicted molar refractivity (Wildman–Crippen MR) is 113 cm³/mol. The van der Waals surface area contributed by atoms with Crippen molar-refractivity contribution in [2.24, 2.45) is 5.92 Å². The number of rotatable bonds is 5. The fraction of sp³-hybridized carbons (Fsp3) is 0.375. The number of halogens is 3. The molecule has 1 saturated heterocycles. The first-order chi connectivity index (χ1) is 15.0. The number of benzene rings is 2. The summed E-state index contributed by atoms with van der Waals surface area (Å²) in [5.41, 5.74) is 2.55. The van der Waals surface area contributed by atoms with Crippen molar-refractivity contribution in [2.75, 3.05) is 13.1 Å². The Kier molecular flexibility index (Phi) is 5.22. The maximum Gasteiger partial charge on any atom is 0.237 e. The molecular weight excluding hydrogens is 403 g/mol. The minimum absolute atomic E-state index is 0.0455. The van der Waals surface area contributed by atoms with Crippen molar-refractivity contribution in [1.82, 2.24) is 15.6 Å². The Morgan fingerprint density at radius 2 is 1.84 bits per heavy atom. The lowest BCUT2D eigenvalue weighted by Crippen LogP contribution is -2.43. The third-order valence-electron chi connectivity index (χ3n) is 6.58. The molecule has 0 spiro atoms. The minimum Gasteiger partial charge on any atom is -0.354 e. The molecule has 2 aromatic carbocycles. The van der Waals surface area contributed by atoms with E-state index < -0.39 is 11.6 Å². The van der Waals surface area contributed by atoms with Crippen LogP contribution in [0.4, 0.5) is 13.2 Å². The lowest BCUT2D eigenvalue weighted by atomic mass is 9.70. The first-order valence-corrected chi connectivity index (χ1v) is 10.8. The summed E-state index contributed by atoms with van der Waals surface area (Å²) >= 11 is 0. The Morgan fingerprint density at radius 1 is 1.06 bits per heavy atom. The lowest BCUT2D eigenvalue weighted by Gasteiger charge is -2.36. The molecule has 2 aliphatic rings. The van der Waals surface area contributed by atoms with Crippen LogP contribution in [0.2, 0.25) is 0 Å². The zero-order valence-corrected chi connectivity index (χ0v) is 17.0. The molecule has 7 heteroatoms. The standard InChI is InChI=1S/C24H24F3N3O/c25-16-5-3-14(4-6-16)22-21(18-10-17(26)11-19(27)23(18)30-22)15-8-13(9-15)12-29-24(31)20-2-1-7-28-20/h3-6,10-11,13,15,20,28,30H,1-2,7-9,12H2,(H,29,31)/t13-,15-,20-/m0/s1. The van der Waals surface area contributed by atoms with Crippen molar-refractivity contribution in [3.63, 3.8) is 0 Å². The highest BCUT2D eigenvalue weighted by atomic mass is 19.1. The zero-order valence-electron chi connectivity index (χ0n) is 17.0. The van der Waals surface area contributed by atoms with Crippen LogP contribution in [0.5, 0.6) is 0 Å². The van der Waals surface area contributed by atoms with Gasteiger partial charge >= 0.3 is 0 Å². The number of amides is 1. The summed E-state index contributed by atoms with van der Waals surface area (Å²) in [7, 11) is 0. The number of hydrogen-bond acceptors (Lipinski definition) is 2. The van der Waals surface area contributed by atoms with Gasteiger partial charge in [-0.2, -0.15) is 0 Å². The lowest BCUT2D eigenvalue weighted by molar-refractivity contribution is -0.123. The molecule has 1 aromatic heterocycles. The first kappa shape index (κ1) is 20.1. The molecule has 1 saturated carbocycles. The Morgan fingerprint density at radius 3 is 2.55 bits per heavy atom. The molecule has 2 fully saturated rings. The summed E-state index contributed by atoms with van der Waals surface area (Å²) in [4.78, 5) is 15.3. The number of carbonyl (C=O) groups is 1. The van der Waals surface area contributed by atoms with Gasteiger partial charge in [-0.1, -0.05) is 0 Å². The average Bonchev–Trinajstić information content (AvgIpc) is 3.36. The molecule has 2 heterocycles. The van der Waals surface area contributed by atoms with Crippen LogP contribution in [0.25, 0.3) is 22.2 Å². The number of aromatic nitrogens is 1. The van der Waals surface area contributed by atoms with Gasteiger partial charge in [-0.25, -0.2) is 13.2 Å². The van der Waals surface area contributed by atoms with Gasteiger partial charge in [0.1, 0.15) is 17.5 Å². The zero-order chi connectivity index (χ0) is 21.5. The first-order valence-electron chi connectivity index (χ1n) is 10.8. The molecule has 1 atom stereocenters. The molecular formula is C24H24F3N3O. The van der Waals surface area contributed by atoms with Gasteiger partial charge in [-0.15, -0.1) is 0 Å². The van der Waals surface area contributed by atoms with Crippen LogP contribution >= 0.6 is 0 Å². The summed E-state index contributed by atoms with van der Waals surface area (Å²) in [5.74, 6) is -1.14. The highest BCUT2D eigenvalue weighted by molar-refractivity contribution is 5.92. The van der Waals surface area contributed by atoms with Gasteiger partial charge in [-0.05, 0) is 85.5 Å². The van der Waals surface area contributed by atoms with Crippen LogP contribution in [-0.2, 0) is 4.79 Å². The second-order valence-corrected chi connectivity index (χ2v) is 8.66. The van der Waals surface area contributed by atoms with Crippen LogP contribution in [0.15, 0.2) is 36.4 Å². The fourth-order valence-electron chi connectivity index (χ4n) is 4.92. The molecule has 0 unspecified atom stereocenters. The van der Waals surface area contributed by atoms with E-state index in [1.54, 1.807) is 12.1 Å². The number of fused-ring (bicyclic) bond motifs is 1. The van der Waals surface area contributed by atoms with Crippen LogP contribution in [0.3, 0.4) is 0 Å². The smallest absolute Gasteiger partial charge is 0.237 e. The maximum atomic E-state index is 14.5. The van der Waals surface area contributed by atoms with Crippen LogP contribution in [-0.4, -0.2) is 30.0 Å². The van der Waals surface area contributed by atoms with E-state index in [2.05, 4.69) is 15.6 Å². The van der Waals surface area contributed by atoms with E-state index in [0.29, 0.717) is 23.5 Å². The normalized spacial score (nSPS) is 23.1. The molecule has 1 amide bonds. The van der Waals surface area contributed by atoms with Crippen LogP contribution in [0.1, 0.15) is 37.2 Å². The summed E-state index contributed by atoms with van der Waals surface area (Å²) in [6.45, 7) is 1.48. The van der Waals surface area contributed by atoms with Gasteiger partial charge in [0.15, 0.2) is 0 Å². The van der Waals surface area contributed by atoms with Gasteiger partial charge in [-0.3, -0.25) is 4.79 Å². The number of nitrogens with one attached hydrogen (secondary N) is 3. The fourth-order valence-corrected chi connectivity index (χ4v) is 4.92. The molecule has 1 aliphatic carbocycles. The van der Waals surface area contributed by atoms with Crippen molar-refractivity contribution in [3.8, 4) is 11.3 Å². The summed E-state index contributed by atoms with van der Waals surface area (Å²) in [6, 6.07) is 8.13. The Hall–Kier alpha value is -2.80. The number of hydrogen-bond donors (Lipinski definition) is 3. The van der Waals surface area contributed by atoms with Gasteiger partial charge in [0.25, 0.3) is 0 Å². The predicted octanol–water partition coefficient (Wildman–Crippen LogP) is 4.61. The number of aromatic amines is 1. The topological polar surface area (TPSA) is 56.9 Å². The van der Waals surface area contributed by atoms with Gasteiger partial charge < -0.3 is 15.6 Å². The monoisotopic (exact) mass is 427 g/mol. The Balaban J connectivity index is 1.38. The van der Waals surface area contributed by atoms with Crippen molar-refractivity contribution in [1.29, 1.82) is 0 Å². The van der Waals surface area contributed by atoms with E-state index in [1.165, 1.54) is 18.2 Å². The van der Waals surface area contributed by atoms with Crippen molar-refractivity contribution in [3.05, 3.63) is 59.4 Å². The molecule has 31 heavy (non-hydrogen) atoms. The third kappa shape index (κ3) is 3.82. The summed E-state index contributed by atoms with van der Waals surface area (Å²) in [6.07, 6.45) is 3.52. The van der Waals surface area contributed by atoms with E-state index in [4.69, 9.17) is 0 Å². The van der Waals surface area contributed by atoms with Gasteiger partial charge in [0, 0.05) is 18.0 Å². The molecule has 0 radical (unpaired) electrons. The molecule has 5 rings (SSSR count). The van der Waals surface area contributed by atoms with E-state index in [1.807, 2.05) is 0 Å². The molecule has 3 aromatic rings. The van der Waals surface area contributed by atoms with Crippen molar-refractivity contribution < 1.29 is 18.0 Å². The van der Waals surface area contributed by atoms with E-state index in [-0.39, 0.29) is 29.2 Å². The summed E-state index contributed by atoms with van der Waals surface area (Å²) < 4.78 is 41.9. The van der Waals surface area contributed by atoms with E-state index in [0.717, 1.165) is 49.4 Å². The quantitative estimate of drug-likeness (QED) is 0.557. The molecule has 162 valence electrons. The number of H-pyrrole nitrogens is 1. The second-order valence-electron chi connectivity index (χ2n) is 8.66. The largest absolute Gasteiger partial charge is 0.354 e. The van der Waals surface area contributed by atoms with Crippen LogP contribution in [0, 0.1) is 23.4 Å². The van der Waals surface area contributed by atoms with Crippen molar-refractivity contribution in [2.45, 2.75) is 37.6 Å². The average molecular weight is 427 g/mol. The Labute approximate surface area is 178 Å². The van der Waals surface area contributed by atoms with Gasteiger partial charge in [0.2, 0.25) is 5.91 Å². The molecule has 3 N–H and O–H groups in total. The third-order valence-corrected chi connectivity index (χ3v) is 6.58. The van der Waals surface area contributed by atoms with E-state index >= 15 is 0 Å². The van der Waals surface area contributed by atoms with Gasteiger partial charge in [0.05, 0.1) is 17.3 Å². The minimum atomic E-state index is -0.642. The van der Waals surface area contributed by atoms with E-state index in [9.17, 15) is 18.0 Å². The van der Waals surface area contributed by atoms with Crippen LogP contribution < -0.4 is 10.6 Å². The second kappa shape index (κ2) is 8.04. The molecule has 0 bridgehead atoms. The highest BCUT2D eigenvalue weighted by Crippen LogP contribution is 2.48. The SMILES string of the molecule is O=C(NC[C@H]1C[C@H](c2c(-c3ccc(F)cc3)[nH]c3c(F)cc(F)cc32)C1)[C@@H]1CCCN1. The van der Waals surface area contributed by atoms with Crippen molar-refractivity contribution >= 4 is 16.8 Å². The molecule has 4 nitrogen and oxygen atoms in total. The maximum absolute atomic E-state index is 14.5. The number of carbonyl (C=O) groups excluding carboxylic acids is 1. The summed E-state index contributed by atoms with van der Waals surface area (Å²) in [5, 5.41) is 6.75. The molecule has 1 aliphatic heterocycles. The highest BCUT2D eigenvalue weighted by Gasteiger charge is 2.35.